The van der Waals surface area contributed by atoms with E-state index < -0.39 is 0 Å². The molecule has 0 aliphatic rings. The second-order valence-electron chi connectivity index (χ2n) is 3.56. The number of carbonyl (C=O) groups excluding carboxylic acids is 1. The summed E-state index contributed by atoms with van der Waals surface area (Å²) < 4.78 is 4.93. The van der Waals surface area contributed by atoms with Gasteiger partial charge in [-0.2, -0.15) is 0 Å². The molecule has 0 radical (unpaired) electrons. The summed E-state index contributed by atoms with van der Waals surface area (Å²) in [5.74, 6) is 0.723. The summed E-state index contributed by atoms with van der Waals surface area (Å²) in [6.07, 6.45) is 2.50. The molecule has 0 fully saturated rings. The molecule has 0 amide bonds. The first-order valence-corrected chi connectivity index (χ1v) is 4.77. The Labute approximate surface area is 89.8 Å². The molecule has 1 heterocycles. The van der Waals surface area contributed by atoms with Crippen molar-refractivity contribution in [3.8, 4) is 5.88 Å². The Balaban J connectivity index is 2.57. The molecule has 1 rings (SSSR count). The molecular formula is C12H15NO2. The van der Waals surface area contributed by atoms with E-state index in [1.165, 1.54) is 0 Å². The van der Waals surface area contributed by atoms with Gasteiger partial charge in [0.05, 0.1) is 7.11 Å². The average Bonchev–Trinajstić information content (AvgIpc) is 2.17. The Hall–Kier alpha value is -1.64. The van der Waals surface area contributed by atoms with Crippen LogP contribution in [0.3, 0.4) is 0 Å². The maximum atomic E-state index is 11.5. The molecule has 0 bridgehead atoms. The van der Waals surface area contributed by atoms with Gasteiger partial charge in [-0.1, -0.05) is 18.2 Å². The van der Waals surface area contributed by atoms with Crippen molar-refractivity contribution in [3.63, 3.8) is 0 Å². The minimum absolute atomic E-state index is 0.162. The molecule has 0 aliphatic carbocycles. The second-order valence-corrected chi connectivity index (χ2v) is 3.56. The highest BCUT2D eigenvalue weighted by Gasteiger charge is 2.04. The van der Waals surface area contributed by atoms with Crippen LogP contribution in [0.15, 0.2) is 30.5 Å². The number of pyridine rings is 1. The fraction of sp³-hybridized carbons (Fsp3) is 0.333. The van der Waals surface area contributed by atoms with Crippen molar-refractivity contribution < 1.29 is 9.53 Å². The summed E-state index contributed by atoms with van der Waals surface area (Å²) in [5.41, 5.74) is 1.79. The third kappa shape index (κ3) is 3.94. The summed E-state index contributed by atoms with van der Waals surface area (Å²) >= 11 is 0. The summed E-state index contributed by atoms with van der Waals surface area (Å²) in [6, 6.07) is 3.60. The van der Waals surface area contributed by atoms with Gasteiger partial charge in [0.25, 0.3) is 0 Å². The summed E-state index contributed by atoms with van der Waals surface area (Å²) in [5, 5.41) is 0. The fourth-order valence-electron chi connectivity index (χ4n) is 1.26. The standard InChI is InChI=1S/C12H15NO2/c1-9(2)6-11(14)7-10-4-5-12(15-3)13-8-10/h4-5,8H,1,6-7H2,2-3H3. The number of methoxy groups -OCH3 is 1. The molecule has 0 unspecified atom stereocenters. The molecule has 0 spiro atoms. The van der Waals surface area contributed by atoms with Crippen LogP contribution in [0, 0.1) is 0 Å². The number of nitrogens with zero attached hydrogens (tertiary/aromatic N) is 1. The Morgan fingerprint density at radius 1 is 1.53 bits per heavy atom. The predicted molar refractivity (Wildman–Crippen MR) is 58.9 cm³/mol. The monoisotopic (exact) mass is 205 g/mol. The molecule has 80 valence electrons. The van der Waals surface area contributed by atoms with Crippen LogP contribution in [0.1, 0.15) is 18.9 Å². The van der Waals surface area contributed by atoms with Crippen LogP contribution in [-0.4, -0.2) is 17.9 Å². The van der Waals surface area contributed by atoms with Crippen LogP contribution >= 0.6 is 0 Å². The van der Waals surface area contributed by atoms with E-state index in [-0.39, 0.29) is 5.78 Å². The maximum absolute atomic E-state index is 11.5. The van der Waals surface area contributed by atoms with E-state index in [0.717, 1.165) is 11.1 Å². The van der Waals surface area contributed by atoms with Crippen LogP contribution in [0.5, 0.6) is 5.88 Å². The molecule has 3 heteroatoms. The van der Waals surface area contributed by atoms with E-state index in [4.69, 9.17) is 4.74 Å². The van der Waals surface area contributed by atoms with Crippen molar-refractivity contribution in [3.05, 3.63) is 36.0 Å². The minimum atomic E-state index is 0.162. The SMILES string of the molecule is C=C(C)CC(=O)Cc1ccc(OC)nc1. The topological polar surface area (TPSA) is 39.2 Å². The second kappa shape index (κ2) is 5.29. The van der Waals surface area contributed by atoms with Crippen molar-refractivity contribution in [1.82, 2.24) is 4.98 Å². The van der Waals surface area contributed by atoms with E-state index >= 15 is 0 Å². The predicted octanol–water partition coefficient (Wildman–Crippen LogP) is 2.17. The van der Waals surface area contributed by atoms with Crippen LogP contribution in [0.4, 0.5) is 0 Å². The Morgan fingerprint density at radius 2 is 2.27 bits per heavy atom. The highest BCUT2D eigenvalue weighted by atomic mass is 16.5. The number of rotatable bonds is 5. The average molecular weight is 205 g/mol. The molecule has 15 heavy (non-hydrogen) atoms. The molecule has 0 saturated carbocycles. The normalized spacial score (nSPS) is 9.73. The number of hydrogen-bond acceptors (Lipinski definition) is 3. The maximum Gasteiger partial charge on any atom is 0.212 e. The van der Waals surface area contributed by atoms with Gasteiger partial charge >= 0.3 is 0 Å². The van der Waals surface area contributed by atoms with Gasteiger partial charge in [-0.3, -0.25) is 4.79 Å². The summed E-state index contributed by atoms with van der Waals surface area (Å²) in [7, 11) is 1.56. The van der Waals surface area contributed by atoms with Gasteiger partial charge in [0, 0.05) is 25.1 Å². The van der Waals surface area contributed by atoms with Crippen molar-refractivity contribution in [1.29, 1.82) is 0 Å². The molecule has 0 atom stereocenters. The van der Waals surface area contributed by atoms with Crippen LogP contribution in [0.2, 0.25) is 0 Å². The van der Waals surface area contributed by atoms with E-state index in [0.29, 0.717) is 18.7 Å². The number of hydrogen-bond donors (Lipinski definition) is 0. The smallest absolute Gasteiger partial charge is 0.212 e. The van der Waals surface area contributed by atoms with E-state index in [2.05, 4.69) is 11.6 Å². The highest BCUT2D eigenvalue weighted by Crippen LogP contribution is 2.09. The molecule has 0 N–H and O–H groups in total. The first kappa shape index (κ1) is 11.4. The van der Waals surface area contributed by atoms with Crippen molar-refractivity contribution in [2.75, 3.05) is 7.11 Å². The quantitative estimate of drug-likeness (QED) is 0.691. The van der Waals surface area contributed by atoms with Gasteiger partial charge in [-0.25, -0.2) is 4.98 Å². The zero-order chi connectivity index (χ0) is 11.3. The highest BCUT2D eigenvalue weighted by molar-refractivity contribution is 5.82. The first-order valence-electron chi connectivity index (χ1n) is 4.77. The van der Waals surface area contributed by atoms with Crippen molar-refractivity contribution in [2.24, 2.45) is 0 Å². The molecule has 1 aromatic heterocycles. The molecule has 1 aromatic rings. The van der Waals surface area contributed by atoms with E-state index in [9.17, 15) is 4.79 Å². The first-order chi connectivity index (χ1) is 7.11. The number of ketones is 1. The van der Waals surface area contributed by atoms with Gasteiger partial charge in [0.15, 0.2) is 0 Å². The molecule has 3 nitrogen and oxygen atoms in total. The number of allylic oxidation sites excluding steroid dienone is 1. The molecule has 0 aliphatic heterocycles. The van der Waals surface area contributed by atoms with E-state index in [1.54, 1.807) is 19.4 Å². The van der Waals surface area contributed by atoms with Crippen molar-refractivity contribution >= 4 is 5.78 Å². The number of ether oxygens (including phenoxy) is 1. The summed E-state index contributed by atoms with van der Waals surface area (Å²) in [4.78, 5) is 15.5. The Kier molecular flexibility index (Phi) is 4.03. The van der Waals surface area contributed by atoms with Crippen molar-refractivity contribution in [2.45, 2.75) is 19.8 Å². The fourth-order valence-corrected chi connectivity index (χ4v) is 1.26. The number of Topliss-reactive ketones (excluding diaryl/α,β-unsaturated/α-hetero) is 1. The number of carbonyl (C=O) groups is 1. The molecule has 0 saturated heterocycles. The largest absolute Gasteiger partial charge is 0.481 e. The van der Waals surface area contributed by atoms with Gasteiger partial charge in [-0.05, 0) is 12.5 Å². The lowest BCUT2D eigenvalue weighted by molar-refractivity contribution is -0.117. The Bertz CT molecular complexity index is 354. The minimum Gasteiger partial charge on any atom is -0.481 e. The van der Waals surface area contributed by atoms with Crippen LogP contribution in [-0.2, 0) is 11.2 Å². The van der Waals surface area contributed by atoms with Gasteiger partial charge in [-0.15, -0.1) is 0 Å². The van der Waals surface area contributed by atoms with Crippen LogP contribution < -0.4 is 4.74 Å². The molecule has 0 aromatic carbocycles. The molecular weight excluding hydrogens is 190 g/mol. The van der Waals surface area contributed by atoms with E-state index in [1.807, 2.05) is 13.0 Å². The zero-order valence-corrected chi connectivity index (χ0v) is 9.12. The number of aromatic nitrogens is 1. The lowest BCUT2D eigenvalue weighted by atomic mass is 10.1. The lowest BCUT2D eigenvalue weighted by Crippen LogP contribution is -2.03. The third-order valence-corrected chi connectivity index (χ3v) is 1.91. The summed E-state index contributed by atoms with van der Waals surface area (Å²) in [6.45, 7) is 5.56. The third-order valence-electron chi connectivity index (χ3n) is 1.91. The van der Waals surface area contributed by atoms with Gasteiger partial charge in [0.2, 0.25) is 5.88 Å². The van der Waals surface area contributed by atoms with Crippen LogP contribution in [0.25, 0.3) is 0 Å². The van der Waals surface area contributed by atoms with Gasteiger partial charge < -0.3 is 4.74 Å². The lowest BCUT2D eigenvalue weighted by Gasteiger charge is -2.02. The Morgan fingerprint density at radius 3 is 2.73 bits per heavy atom. The van der Waals surface area contributed by atoms with Gasteiger partial charge in [0.1, 0.15) is 5.78 Å². The zero-order valence-electron chi connectivity index (χ0n) is 9.12.